The predicted octanol–water partition coefficient (Wildman–Crippen LogP) is 11.8. The monoisotopic (exact) mass is 748 g/mol. The first-order valence-corrected chi connectivity index (χ1v) is 23.3. The van der Waals surface area contributed by atoms with Gasteiger partial charge >= 0.3 is 0 Å². The summed E-state index contributed by atoms with van der Waals surface area (Å²) in [5, 5.41) is 5.46. The van der Waals surface area contributed by atoms with Crippen molar-refractivity contribution in [3.8, 4) is 0 Å². The number of nitrogens with zero attached hydrogens (tertiary/aromatic N) is 1. The van der Waals surface area contributed by atoms with E-state index in [1.807, 2.05) is 0 Å². The summed E-state index contributed by atoms with van der Waals surface area (Å²) in [6, 6.07) is 10.4. The topological polar surface area (TPSA) is 15.3 Å². The molecule has 2 saturated heterocycles. The summed E-state index contributed by atoms with van der Waals surface area (Å²) < 4.78 is 0. The first kappa shape index (κ1) is 34.2. The number of allylic oxidation sites excluding steroid dienone is 11. The van der Waals surface area contributed by atoms with E-state index < -0.39 is 0 Å². The molecule has 11 rings (SSSR count). The number of fused-ring (bicyclic) bond motifs is 7. The van der Waals surface area contributed by atoms with Gasteiger partial charge in [-0.05, 0) is 128 Å². The Hall–Kier alpha value is -3.08. The Labute approximate surface area is 332 Å². The van der Waals surface area contributed by atoms with Crippen LogP contribution in [0.3, 0.4) is 0 Å². The van der Waals surface area contributed by atoms with Gasteiger partial charge in [0, 0.05) is 50.5 Å². The molecule has 2 nitrogen and oxygen atoms in total. The third kappa shape index (κ3) is 5.74. The van der Waals surface area contributed by atoms with E-state index in [0.29, 0.717) is 69.3 Å². The van der Waals surface area contributed by atoms with E-state index in [1.165, 1.54) is 80.3 Å². The molecule has 278 valence electrons. The lowest BCUT2D eigenvalue weighted by Gasteiger charge is -2.56. The summed E-state index contributed by atoms with van der Waals surface area (Å²) in [6.07, 6.45) is 49.9. The zero-order valence-corrected chi connectivity index (χ0v) is 33.4. The van der Waals surface area contributed by atoms with Crippen LogP contribution in [0.5, 0.6) is 0 Å². The number of anilines is 1. The molecule has 0 bridgehead atoms. The largest absolute Gasteiger partial charge is 0.385 e. The van der Waals surface area contributed by atoms with E-state index in [2.05, 4.69) is 156 Å². The van der Waals surface area contributed by atoms with Gasteiger partial charge in [-0.3, -0.25) is 0 Å². The van der Waals surface area contributed by atoms with E-state index >= 15 is 0 Å². The van der Waals surface area contributed by atoms with Crippen molar-refractivity contribution in [3.63, 3.8) is 0 Å². The Morgan fingerprint density at radius 1 is 0.759 bits per heavy atom. The number of benzene rings is 1. The Bertz CT molecular complexity index is 1980. The number of nitrogens with one attached hydrogen (secondary N) is 1. The van der Waals surface area contributed by atoms with Gasteiger partial charge < -0.3 is 10.2 Å². The van der Waals surface area contributed by atoms with Crippen LogP contribution in [0.1, 0.15) is 76.2 Å². The molecule has 0 aromatic heterocycles. The van der Waals surface area contributed by atoms with Crippen LogP contribution in [0.4, 0.5) is 5.69 Å². The summed E-state index contributed by atoms with van der Waals surface area (Å²) in [5.74, 6) is 4.82. The van der Waals surface area contributed by atoms with E-state index in [4.69, 9.17) is 0 Å². The maximum absolute atomic E-state index is 3.80. The van der Waals surface area contributed by atoms with Crippen LogP contribution in [0.25, 0.3) is 0 Å². The fraction of sp³-hybridized carbons (Fsp3) is 0.480. The Morgan fingerprint density at radius 2 is 1.67 bits per heavy atom. The van der Waals surface area contributed by atoms with Crippen LogP contribution in [-0.2, 0) is 0 Å². The molecule has 13 unspecified atom stereocenters. The Balaban J connectivity index is 0.993. The number of hydrogen-bond donors (Lipinski definition) is 1. The van der Waals surface area contributed by atoms with Crippen molar-refractivity contribution in [3.05, 3.63) is 148 Å². The molecule has 1 aromatic rings. The summed E-state index contributed by atoms with van der Waals surface area (Å²) in [5.41, 5.74) is 9.18. The molecule has 4 heterocycles. The van der Waals surface area contributed by atoms with Gasteiger partial charge in [0.25, 0.3) is 0 Å². The standard InChI is InChI=1S/C50H56N2S2/c1-31-22-27-41(51-30-31)33-24-26-40-47(29-33)54-44-19-9-6-15-38(44)48(40)50-39-16-7-10-20-45(39)53-46-21-11-17-35(49(46)50)32-23-25-37-36-14-5-8-18-42(36)52(43(37)28-32)34-12-3-2-4-13-34/h2-3,5,8-9,11,14,16,18-21,23-29,31,34-35,37-38,40,43-44,46-51H,4,6-7,10,12-13,15,17,22,30H2,1H3. The van der Waals surface area contributed by atoms with Crippen molar-refractivity contribution in [1.82, 2.24) is 5.32 Å². The number of rotatable bonds is 4. The van der Waals surface area contributed by atoms with Crippen LogP contribution < -0.4 is 10.2 Å². The lowest BCUT2D eigenvalue weighted by atomic mass is 9.56. The van der Waals surface area contributed by atoms with Crippen molar-refractivity contribution >= 4 is 29.2 Å². The highest BCUT2D eigenvalue weighted by atomic mass is 32.2. The third-order valence-corrected chi connectivity index (χ3v) is 17.9. The molecule has 1 N–H and O–H groups in total. The number of para-hydroxylation sites is 1. The molecule has 2 fully saturated rings. The van der Waals surface area contributed by atoms with Gasteiger partial charge in [0.1, 0.15) is 0 Å². The van der Waals surface area contributed by atoms with Crippen LogP contribution in [0, 0.1) is 41.4 Å². The van der Waals surface area contributed by atoms with E-state index in [-0.39, 0.29) is 0 Å². The van der Waals surface area contributed by atoms with Crippen LogP contribution in [-0.4, -0.2) is 34.4 Å². The average molecular weight is 749 g/mol. The van der Waals surface area contributed by atoms with Gasteiger partial charge in [-0.1, -0.05) is 116 Å². The molecule has 0 amide bonds. The van der Waals surface area contributed by atoms with Crippen molar-refractivity contribution in [2.45, 2.75) is 98.5 Å². The summed E-state index contributed by atoms with van der Waals surface area (Å²) in [6.45, 7) is 3.45. The van der Waals surface area contributed by atoms with Gasteiger partial charge in [-0.25, -0.2) is 0 Å². The maximum Gasteiger partial charge on any atom is 0.0586 e. The Kier molecular flexibility index (Phi) is 8.95. The fourth-order valence-corrected chi connectivity index (χ4v) is 15.8. The molecule has 0 spiro atoms. The highest BCUT2D eigenvalue weighted by molar-refractivity contribution is 8.04. The predicted molar refractivity (Wildman–Crippen MR) is 232 cm³/mol. The minimum absolute atomic E-state index is 0.418. The van der Waals surface area contributed by atoms with Crippen LogP contribution in [0.15, 0.2) is 143 Å². The lowest BCUT2D eigenvalue weighted by molar-refractivity contribution is 0.111. The van der Waals surface area contributed by atoms with Gasteiger partial charge in [0.2, 0.25) is 0 Å². The second-order valence-corrected chi connectivity index (χ2v) is 20.5. The van der Waals surface area contributed by atoms with E-state index in [1.54, 1.807) is 16.1 Å². The first-order valence-electron chi connectivity index (χ1n) is 21.5. The second-order valence-electron chi connectivity index (χ2n) is 17.9. The molecule has 0 radical (unpaired) electrons. The van der Waals surface area contributed by atoms with E-state index in [0.717, 1.165) is 12.5 Å². The summed E-state index contributed by atoms with van der Waals surface area (Å²) in [7, 11) is 0. The molecule has 13 atom stereocenters. The minimum atomic E-state index is 0.418. The molecule has 6 aliphatic carbocycles. The normalized spacial score (nSPS) is 41.4. The van der Waals surface area contributed by atoms with Gasteiger partial charge in [0.05, 0.1) is 6.04 Å². The number of hydrogen-bond acceptors (Lipinski definition) is 4. The van der Waals surface area contributed by atoms with Crippen molar-refractivity contribution < 1.29 is 0 Å². The van der Waals surface area contributed by atoms with Crippen molar-refractivity contribution in [1.29, 1.82) is 0 Å². The quantitative estimate of drug-likeness (QED) is 0.308. The van der Waals surface area contributed by atoms with Crippen molar-refractivity contribution in [2.24, 2.45) is 41.4 Å². The molecular weight excluding hydrogens is 693 g/mol. The average Bonchev–Trinajstić information content (AvgIpc) is 3.56. The SMILES string of the molecule is CC1CC=C(C2=CC3SC4C=CCCC4C(C4C5=CCCC=C5SC5C=CCC(C6=CC7C(C=C6)c6ccccc6N7C6CC=CCC6)C54)C3C=C2)NC1. The molecule has 54 heavy (non-hydrogen) atoms. The van der Waals surface area contributed by atoms with Crippen LogP contribution >= 0.6 is 23.5 Å². The molecule has 1 aromatic carbocycles. The minimum Gasteiger partial charge on any atom is -0.385 e. The van der Waals surface area contributed by atoms with Gasteiger partial charge in [0.15, 0.2) is 0 Å². The maximum atomic E-state index is 3.80. The zero-order chi connectivity index (χ0) is 35.8. The zero-order valence-electron chi connectivity index (χ0n) is 31.8. The van der Waals surface area contributed by atoms with E-state index in [9.17, 15) is 0 Å². The van der Waals surface area contributed by atoms with Crippen LogP contribution in [0.2, 0.25) is 0 Å². The highest BCUT2D eigenvalue weighted by Crippen LogP contribution is 2.63. The Morgan fingerprint density at radius 3 is 2.57 bits per heavy atom. The first-order chi connectivity index (χ1) is 26.7. The smallest absolute Gasteiger partial charge is 0.0586 e. The lowest BCUT2D eigenvalue weighted by Crippen LogP contribution is -2.52. The molecule has 10 aliphatic rings. The summed E-state index contributed by atoms with van der Waals surface area (Å²) in [4.78, 5) is 4.48. The summed E-state index contributed by atoms with van der Waals surface area (Å²) >= 11 is 4.50. The van der Waals surface area contributed by atoms with Crippen molar-refractivity contribution in [2.75, 3.05) is 11.4 Å². The third-order valence-electron chi connectivity index (χ3n) is 14.9. The number of thioether (sulfide) groups is 2. The highest BCUT2D eigenvalue weighted by Gasteiger charge is 2.55. The van der Waals surface area contributed by atoms with Gasteiger partial charge in [-0.15, -0.1) is 23.5 Å². The second kappa shape index (κ2) is 14.1. The molecule has 4 heteroatoms. The molecule has 0 saturated carbocycles. The fourth-order valence-electron chi connectivity index (χ4n) is 12.5. The van der Waals surface area contributed by atoms with Gasteiger partial charge in [-0.2, -0.15) is 0 Å². The molecule has 4 aliphatic heterocycles. The molecular formula is C50H56N2S2.